The molecule has 21 heavy (non-hydrogen) atoms. The zero-order chi connectivity index (χ0) is 15.4. The predicted molar refractivity (Wildman–Crippen MR) is 84.1 cm³/mol. The first-order chi connectivity index (χ1) is 10.0. The Balaban J connectivity index is 2.29. The summed E-state index contributed by atoms with van der Waals surface area (Å²) in [6.45, 7) is 4.02. The van der Waals surface area contributed by atoms with Crippen molar-refractivity contribution in [2.75, 3.05) is 14.2 Å². The van der Waals surface area contributed by atoms with Gasteiger partial charge in [0.1, 0.15) is 11.5 Å². The molecule has 0 bridgehead atoms. The molecule has 0 aliphatic heterocycles. The van der Waals surface area contributed by atoms with Crippen LogP contribution < -0.4 is 9.47 Å². The molecule has 1 unspecified atom stereocenters. The van der Waals surface area contributed by atoms with Crippen molar-refractivity contribution in [2.24, 2.45) is 0 Å². The van der Waals surface area contributed by atoms with Gasteiger partial charge in [0.15, 0.2) is 0 Å². The molecule has 0 saturated heterocycles. The van der Waals surface area contributed by atoms with Crippen LogP contribution in [0.15, 0.2) is 36.4 Å². The average molecular weight is 286 g/mol. The summed E-state index contributed by atoms with van der Waals surface area (Å²) in [5, 5.41) is 10.6. The van der Waals surface area contributed by atoms with E-state index in [0.717, 1.165) is 33.8 Å². The number of aliphatic hydroxyl groups excluding tert-OH is 1. The second-order valence-electron chi connectivity index (χ2n) is 5.27. The summed E-state index contributed by atoms with van der Waals surface area (Å²) in [5.74, 6) is 1.54. The second kappa shape index (κ2) is 6.64. The van der Waals surface area contributed by atoms with E-state index in [2.05, 4.69) is 6.07 Å². The van der Waals surface area contributed by atoms with Crippen LogP contribution in [0.3, 0.4) is 0 Å². The highest BCUT2D eigenvalue weighted by molar-refractivity contribution is 5.45. The molecule has 0 aliphatic rings. The molecule has 3 heteroatoms. The normalized spacial score (nSPS) is 12.0. The molecule has 0 aromatic heterocycles. The average Bonchev–Trinajstić information content (AvgIpc) is 2.46. The molecule has 0 fully saturated rings. The Morgan fingerprint density at radius 3 is 2.48 bits per heavy atom. The Morgan fingerprint density at radius 2 is 1.81 bits per heavy atom. The number of benzene rings is 2. The highest BCUT2D eigenvalue weighted by Crippen LogP contribution is 2.32. The highest BCUT2D eigenvalue weighted by atomic mass is 16.5. The van der Waals surface area contributed by atoms with E-state index in [9.17, 15) is 5.11 Å². The fourth-order valence-corrected chi connectivity index (χ4v) is 2.66. The van der Waals surface area contributed by atoms with Gasteiger partial charge in [-0.2, -0.15) is 0 Å². The Hall–Kier alpha value is -2.00. The minimum Gasteiger partial charge on any atom is -0.497 e. The maximum Gasteiger partial charge on any atom is 0.125 e. The third-order valence-electron chi connectivity index (χ3n) is 3.61. The molecule has 0 aliphatic carbocycles. The van der Waals surface area contributed by atoms with Crippen LogP contribution in [-0.2, 0) is 6.42 Å². The SMILES string of the molecule is COc1cccc(CC(O)c2c(C)cc(C)cc2OC)c1. The molecule has 0 saturated carbocycles. The molecule has 0 radical (unpaired) electrons. The van der Waals surface area contributed by atoms with Crippen molar-refractivity contribution in [3.63, 3.8) is 0 Å². The smallest absolute Gasteiger partial charge is 0.125 e. The fourth-order valence-electron chi connectivity index (χ4n) is 2.66. The lowest BCUT2D eigenvalue weighted by Gasteiger charge is -2.18. The summed E-state index contributed by atoms with van der Waals surface area (Å²) in [6, 6.07) is 11.8. The minimum atomic E-state index is -0.604. The number of hydrogen-bond acceptors (Lipinski definition) is 3. The largest absolute Gasteiger partial charge is 0.497 e. The molecular formula is C18H22O3. The quantitative estimate of drug-likeness (QED) is 0.912. The minimum absolute atomic E-state index is 0.525. The molecule has 2 aromatic carbocycles. The van der Waals surface area contributed by atoms with Gasteiger partial charge in [-0.3, -0.25) is 0 Å². The number of rotatable bonds is 5. The maximum atomic E-state index is 10.6. The van der Waals surface area contributed by atoms with Gasteiger partial charge in [0, 0.05) is 12.0 Å². The second-order valence-corrected chi connectivity index (χ2v) is 5.27. The van der Waals surface area contributed by atoms with Crippen LogP contribution in [0.5, 0.6) is 11.5 Å². The molecule has 2 aromatic rings. The number of aliphatic hydroxyl groups is 1. The van der Waals surface area contributed by atoms with Crippen LogP contribution in [0.25, 0.3) is 0 Å². The van der Waals surface area contributed by atoms with E-state index in [1.165, 1.54) is 0 Å². The summed E-state index contributed by atoms with van der Waals surface area (Å²) in [6.07, 6.45) is -0.0788. The monoisotopic (exact) mass is 286 g/mol. The zero-order valence-corrected chi connectivity index (χ0v) is 13.0. The van der Waals surface area contributed by atoms with Gasteiger partial charge >= 0.3 is 0 Å². The standard InChI is InChI=1S/C18H22O3/c1-12-8-13(2)18(17(9-12)21-4)16(19)11-14-6-5-7-15(10-14)20-3/h5-10,16,19H,11H2,1-4H3. The molecule has 1 atom stereocenters. The molecule has 1 N–H and O–H groups in total. The summed E-state index contributed by atoms with van der Waals surface area (Å²) in [5.41, 5.74) is 4.05. The van der Waals surface area contributed by atoms with Gasteiger partial charge in [-0.15, -0.1) is 0 Å². The van der Waals surface area contributed by atoms with E-state index in [0.29, 0.717) is 6.42 Å². The van der Waals surface area contributed by atoms with Gasteiger partial charge in [-0.05, 0) is 48.7 Å². The van der Waals surface area contributed by atoms with Gasteiger partial charge < -0.3 is 14.6 Å². The van der Waals surface area contributed by atoms with Crippen LogP contribution in [0.2, 0.25) is 0 Å². The van der Waals surface area contributed by atoms with Crippen LogP contribution in [0.1, 0.15) is 28.4 Å². The number of methoxy groups -OCH3 is 2. The Kier molecular flexibility index (Phi) is 4.86. The predicted octanol–water partition coefficient (Wildman–Crippen LogP) is 3.60. The van der Waals surface area contributed by atoms with Crippen molar-refractivity contribution in [1.82, 2.24) is 0 Å². The Morgan fingerprint density at radius 1 is 1.05 bits per heavy atom. The maximum absolute atomic E-state index is 10.6. The summed E-state index contributed by atoms with van der Waals surface area (Å²) in [4.78, 5) is 0. The molecule has 112 valence electrons. The molecule has 0 heterocycles. The lowest BCUT2D eigenvalue weighted by molar-refractivity contribution is 0.173. The van der Waals surface area contributed by atoms with Crippen LogP contribution in [0, 0.1) is 13.8 Å². The molecule has 0 amide bonds. The van der Waals surface area contributed by atoms with Crippen molar-refractivity contribution >= 4 is 0 Å². The van der Waals surface area contributed by atoms with Gasteiger partial charge in [0.05, 0.1) is 20.3 Å². The Bertz CT molecular complexity index is 620. The Labute approximate surface area is 126 Å². The van der Waals surface area contributed by atoms with Crippen molar-refractivity contribution in [3.05, 3.63) is 58.7 Å². The molecule has 2 rings (SSSR count). The fraction of sp³-hybridized carbons (Fsp3) is 0.333. The van der Waals surface area contributed by atoms with E-state index in [4.69, 9.17) is 9.47 Å². The van der Waals surface area contributed by atoms with Crippen LogP contribution >= 0.6 is 0 Å². The van der Waals surface area contributed by atoms with Gasteiger partial charge in [0.25, 0.3) is 0 Å². The van der Waals surface area contributed by atoms with Crippen molar-refractivity contribution < 1.29 is 14.6 Å². The van der Waals surface area contributed by atoms with E-state index in [-0.39, 0.29) is 0 Å². The first-order valence-electron chi connectivity index (χ1n) is 7.01. The van der Waals surface area contributed by atoms with Gasteiger partial charge in [-0.25, -0.2) is 0 Å². The first-order valence-corrected chi connectivity index (χ1v) is 7.01. The lowest BCUT2D eigenvalue weighted by atomic mass is 9.95. The van der Waals surface area contributed by atoms with Crippen LogP contribution in [0.4, 0.5) is 0 Å². The van der Waals surface area contributed by atoms with Crippen LogP contribution in [-0.4, -0.2) is 19.3 Å². The highest BCUT2D eigenvalue weighted by Gasteiger charge is 2.17. The van der Waals surface area contributed by atoms with E-state index in [1.54, 1.807) is 14.2 Å². The van der Waals surface area contributed by atoms with Crippen molar-refractivity contribution in [1.29, 1.82) is 0 Å². The van der Waals surface area contributed by atoms with Crippen molar-refractivity contribution in [3.8, 4) is 11.5 Å². The third-order valence-corrected chi connectivity index (χ3v) is 3.61. The van der Waals surface area contributed by atoms with E-state index >= 15 is 0 Å². The molecule has 0 spiro atoms. The molecule has 3 nitrogen and oxygen atoms in total. The number of hydrogen-bond donors (Lipinski definition) is 1. The topological polar surface area (TPSA) is 38.7 Å². The van der Waals surface area contributed by atoms with Gasteiger partial charge in [-0.1, -0.05) is 18.2 Å². The first kappa shape index (κ1) is 15.4. The number of aryl methyl sites for hydroxylation is 2. The summed E-state index contributed by atoms with van der Waals surface area (Å²) >= 11 is 0. The van der Waals surface area contributed by atoms with E-state index in [1.807, 2.05) is 44.2 Å². The summed E-state index contributed by atoms with van der Waals surface area (Å²) < 4.78 is 10.6. The lowest BCUT2D eigenvalue weighted by Crippen LogP contribution is -2.07. The van der Waals surface area contributed by atoms with Gasteiger partial charge in [0.2, 0.25) is 0 Å². The molecular weight excluding hydrogens is 264 g/mol. The summed E-state index contributed by atoms with van der Waals surface area (Å²) in [7, 11) is 3.28. The zero-order valence-electron chi connectivity index (χ0n) is 13.0. The van der Waals surface area contributed by atoms with Crippen molar-refractivity contribution in [2.45, 2.75) is 26.4 Å². The number of ether oxygens (including phenoxy) is 2. The third kappa shape index (κ3) is 3.56. The van der Waals surface area contributed by atoms with E-state index < -0.39 is 6.10 Å².